The van der Waals surface area contributed by atoms with E-state index in [-0.39, 0.29) is 23.9 Å². The fourth-order valence-corrected chi connectivity index (χ4v) is 2.75. The lowest BCUT2D eigenvalue weighted by Gasteiger charge is -2.21. The molecule has 0 aromatic heterocycles. The number of hydrogen-bond acceptors (Lipinski definition) is 3. The third kappa shape index (κ3) is 6.06. The molecule has 0 atom stereocenters. The lowest BCUT2D eigenvalue weighted by molar-refractivity contribution is -0.121. The number of rotatable bonds is 5. The van der Waals surface area contributed by atoms with Crippen molar-refractivity contribution in [2.75, 3.05) is 25.0 Å². The predicted octanol–water partition coefficient (Wildman–Crippen LogP) is 1.39. The van der Waals surface area contributed by atoms with Gasteiger partial charge in [0.1, 0.15) is 0 Å². The summed E-state index contributed by atoms with van der Waals surface area (Å²) in [6.07, 6.45) is 1.56. The van der Waals surface area contributed by atoms with Crippen molar-refractivity contribution in [3.05, 3.63) is 29.8 Å². The van der Waals surface area contributed by atoms with Gasteiger partial charge in [0, 0.05) is 37.8 Å². The second kappa shape index (κ2) is 8.69. The van der Waals surface area contributed by atoms with Crippen molar-refractivity contribution in [3.8, 4) is 0 Å². The molecule has 0 aliphatic carbocycles. The summed E-state index contributed by atoms with van der Waals surface area (Å²) in [6.45, 7) is 7.36. The Morgan fingerprint density at radius 1 is 1.19 bits per heavy atom. The van der Waals surface area contributed by atoms with Crippen LogP contribution in [-0.2, 0) is 16.1 Å². The largest absolute Gasteiger partial charge is 0.352 e. The van der Waals surface area contributed by atoms with Crippen LogP contribution in [0, 0.1) is 0 Å². The molecule has 3 N–H and O–H groups in total. The molecule has 0 radical (unpaired) electrons. The van der Waals surface area contributed by atoms with Crippen molar-refractivity contribution >= 4 is 23.5 Å². The Balaban J connectivity index is 1.81. The second-order valence-electron chi connectivity index (χ2n) is 7.39. The fraction of sp³-hybridized carbons (Fsp3) is 0.526. The zero-order valence-corrected chi connectivity index (χ0v) is 16.1. The molecule has 1 aromatic carbocycles. The number of carbonyl (C=O) groups is 2. The van der Waals surface area contributed by atoms with Crippen molar-refractivity contribution in [3.63, 3.8) is 0 Å². The third-order valence-corrected chi connectivity index (χ3v) is 3.94. The summed E-state index contributed by atoms with van der Waals surface area (Å²) in [5.41, 5.74) is 1.76. The Morgan fingerprint density at radius 3 is 2.42 bits per heavy atom. The van der Waals surface area contributed by atoms with Crippen LogP contribution in [0.15, 0.2) is 29.3 Å². The summed E-state index contributed by atoms with van der Waals surface area (Å²) in [4.78, 5) is 29.6. The Morgan fingerprint density at radius 2 is 1.88 bits per heavy atom. The average molecular weight is 359 g/mol. The zero-order valence-electron chi connectivity index (χ0n) is 16.1. The number of guanidine groups is 1. The van der Waals surface area contributed by atoms with Gasteiger partial charge in [-0.1, -0.05) is 12.1 Å². The van der Waals surface area contributed by atoms with Crippen LogP contribution in [0.1, 0.15) is 39.2 Å². The van der Waals surface area contributed by atoms with Gasteiger partial charge < -0.3 is 20.9 Å². The Kier molecular flexibility index (Phi) is 6.60. The summed E-state index contributed by atoms with van der Waals surface area (Å²) >= 11 is 0. The van der Waals surface area contributed by atoms with Crippen LogP contribution >= 0.6 is 0 Å². The van der Waals surface area contributed by atoms with Gasteiger partial charge in [0.2, 0.25) is 11.8 Å². The minimum atomic E-state index is -0.256. The van der Waals surface area contributed by atoms with Crippen molar-refractivity contribution in [2.45, 2.75) is 45.7 Å². The van der Waals surface area contributed by atoms with Crippen molar-refractivity contribution in [1.82, 2.24) is 16.0 Å². The minimum absolute atomic E-state index is 0.0833. The van der Waals surface area contributed by atoms with E-state index in [9.17, 15) is 9.59 Å². The summed E-state index contributed by atoms with van der Waals surface area (Å²) < 4.78 is 0. The average Bonchev–Trinajstić information content (AvgIpc) is 3.00. The van der Waals surface area contributed by atoms with Crippen molar-refractivity contribution in [1.29, 1.82) is 0 Å². The van der Waals surface area contributed by atoms with Gasteiger partial charge in [-0.05, 0) is 44.9 Å². The second-order valence-corrected chi connectivity index (χ2v) is 7.39. The smallest absolute Gasteiger partial charge is 0.239 e. The quantitative estimate of drug-likeness (QED) is 0.548. The highest BCUT2D eigenvalue weighted by molar-refractivity contribution is 5.95. The van der Waals surface area contributed by atoms with E-state index in [4.69, 9.17) is 0 Å². The Bertz CT molecular complexity index is 662. The molecule has 1 aliphatic heterocycles. The highest BCUT2D eigenvalue weighted by atomic mass is 16.2. The first-order valence-corrected chi connectivity index (χ1v) is 8.93. The van der Waals surface area contributed by atoms with Crippen LogP contribution in [0.5, 0.6) is 0 Å². The lowest BCUT2D eigenvalue weighted by Crippen LogP contribution is -2.48. The Labute approximate surface area is 155 Å². The molecule has 2 amide bonds. The molecule has 26 heavy (non-hydrogen) atoms. The molecule has 7 heteroatoms. The number of nitrogens with one attached hydrogen (secondary N) is 3. The maximum atomic E-state index is 11.9. The van der Waals surface area contributed by atoms with E-state index in [0.717, 1.165) is 24.2 Å². The topological polar surface area (TPSA) is 85.8 Å². The highest BCUT2D eigenvalue weighted by Crippen LogP contribution is 2.21. The molecule has 1 aliphatic rings. The van der Waals surface area contributed by atoms with E-state index in [1.807, 2.05) is 49.9 Å². The van der Waals surface area contributed by atoms with E-state index in [1.165, 1.54) is 0 Å². The predicted molar refractivity (Wildman–Crippen MR) is 104 cm³/mol. The molecule has 1 fully saturated rings. The molecule has 2 rings (SSSR count). The van der Waals surface area contributed by atoms with Crippen LogP contribution < -0.4 is 20.9 Å². The minimum Gasteiger partial charge on any atom is -0.352 e. The maximum Gasteiger partial charge on any atom is 0.239 e. The zero-order chi connectivity index (χ0) is 19.2. The van der Waals surface area contributed by atoms with Crippen LogP contribution in [0.4, 0.5) is 5.69 Å². The van der Waals surface area contributed by atoms with E-state index in [2.05, 4.69) is 20.9 Å². The Hall–Kier alpha value is -2.57. The SMILES string of the molecule is CN=C(NCC(=O)NC(C)(C)C)NCc1ccc(N2CCCC2=O)cc1. The van der Waals surface area contributed by atoms with Gasteiger partial charge in [-0.15, -0.1) is 0 Å². The third-order valence-electron chi connectivity index (χ3n) is 3.94. The molecule has 1 heterocycles. The van der Waals surface area contributed by atoms with Gasteiger partial charge in [0.05, 0.1) is 6.54 Å². The summed E-state index contributed by atoms with van der Waals surface area (Å²) in [5, 5.41) is 9.07. The highest BCUT2D eigenvalue weighted by Gasteiger charge is 2.21. The number of anilines is 1. The molecule has 0 saturated carbocycles. The first kappa shape index (κ1) is 19.8. The first-order valence-electron chi connectivity index (χ1n) is 8.93. The van der Waals surface area contributed by atoms with Gasteiger partial charge in [-0.3, -0.25) is 14.6 Å². The normalized spacial score (nSPS) is 15.2. The molecule has 1 saturated heterocycles. The van der Waals surface area contributed by atoms with Gasteiger partial charge in [-0.25, -0.2) is 0 Å². The number of amides is 2. The number of nitrogens with zero attached hydrogens (tertiary/aromatic N) is 2. The molecule has 0 spiro atoms. The number of aliphatic imine (C=N–C) groups is 1. The van der Waals surface area contributed by atoms with E-state index in [0.29, 0.717) is 18.9 Å². The molecule has 0 unspecified atom stereocenters. The monoisotopic (exact) mass is 359 g/mol. The van der Waals surface area contributed by atoms with E-state index >= 15 is 0 Å². The van der Waals surface area contributed by atoms with Gasteiger partial charge in [0.15, 0.2) is 5.96 Å². The molecular formula is C19H29N5O2. The van der Waals surface area contributed by atoms with Gasteiger partial charge in [-0.2, -0.15) is 0 Å². The van der Waals surface area contributed by atoms with Crippen LogP contribution in [0.3, 0.4) is 0 Å². The van der Waals surface area contributed by atoms with Crippen LogP contribution in [-0.4, -0.2) is 43.5 Å². The van der Waals surface area contributed by atoms with Gasteiger partial charge >= 0.3 is 0 Å². The summed E-state index contributed by atoms with van der Waals surface area (Å²) in [6, 6.07) is 7.92. The molecule has 0 bridgehead atoms. The fourth-order valence-electron chi connectivity index (χ4n) is 2.75. The number of carbonyl (C=O) groups excluding carboxylic acids is 2. The molecule has 1 aromatic rings. The number of hydrogen-bond donors (Lipinski definition) is 3. The van der Waals surface area contributed by atoms with Crippen LogP contribution in [0.2, 0.25) is 0 Å². The van der Waals surface area contributed by atoms with Gasteiger partial charge in [0.25, 0.3) is 0 Å². The van der Waals surface area contributed by atoms with Crippen molar-refractivity contribution in [2.24, 2.45) is 4.99 Å². The molecular weight excluding hydrogens is 330 g/mol. The molecule has 142 valence electrons. The molecule has 7 nitrogen and oxygen atoms in total. The maximum absolute atomic E-state index is 11.9. The van der Waals surface area contributed by atoms with E-state index in [1.54, 1.807) is 7.05 Å². The van der Waals surface area contributed by atoms with Crippen molar-refractivity contribution < 1.29 is 9.59 Å². The summed E-state index contributed by atoms with van der Waals surface area (Å²) in [7, 11) is 1.67. The lowest BCUT2D eigenvalue weighted by atomic mass is 10.1. The first-order chi connectivity index (χ1) is 12.3. The van der Waals surface area contributed by atoms with Crippen LogP contribution in [0.25, 0.3) is 0 Å². The number of benzene rings is 1. The standard InChI is InChI=1S/C19H29N5O2/c1-19(2,3)23-16(25)13-22-18(20-4)21-12-14-7-9-15(10-8-14)24-11-5-6-17(24)26/h7-10H,5-6,11-13H2,1-4H3,(H,23,25)(H2,20,21,22). The summed E-state index contributed by atoms with van der Waals surface area (Å²) in [5.74, 6) is 0.668. The van der Waals surface area contributed by atoms with E-state index < -0.39 is 0 Å².